The van der Waals surface area contributed by atoms with Gasteiger partial charge in [0.2, 0.25) is 5.69 Å². The van der Waals surface area contributed by atoms with E-state index in [2.05, 4.69) is 124 Å². The van der Waals surface area contributed by atoms with Crippen LogP contribution in [0.25, 0.3) is 21.5 Å². The van der Waals surface area contributed by atoms with Crippen LogP contribution in [-0.2, 0) is 15.6 Å². The average Bonchev–Trinajstić information content (AvgIpc) is 3.41. The minimum atomic E-state index is -0.623. The Balaban J connectivity index is 1.28. The van der Waals surface area contributed by atoms with E-state index >= 15 is 0 Å². The highest BCUT2D eigenvalue weighted by atomic mass is 16.3. The summed E-state index contributed by atoms with van der Waals surface area (Å²) in [6, 6.07) is 26.0. The summed E-state index contributed by atoms with van der Waals surface area (Å²) in [7, 11) is 0. The molecular weight excluding hydrogens is 564 g/mol. The fourth-order valence-electron chi connectivity index (χ4n) is 8.45. The quantitative estimate of drug-likeness (QED) is 0.178. The van der Waals surface area contributed by atoms with Gasteiger partial charge in [-0.1, -0.05) is 95.1 Å². The molecular formula is C42H46N2O2. The Morgan fingerprint density at radius 2 is 1.43 bits per heavy atom. The van der Waals surface area contributed by atoms with Gasteiger partial charge in [0.25, 0.3) is 0 Å². The molecule has 0 fully saturated rings. The Labute approximate surface area is 273 Å². The maximum absolute atomic E-state index is 14.0. The molecule has 236 valence electrons. The summed E-state index contributed by atoms with van der Waals surface area (Å²) in [6.07, 6.45) is 6.67. The van der Waals surface area contributed by atoms with Crippen molar-refractivity contribution in [1.82, 2.24) is 0 Å². The van der Waals surface area contributed by atoms with E-state index in [0.29, 0.717) is 12.0 Å². The molecule has 0 aromatic heterocycles. The number of carbonyl (C=O) groups excluding carboxylic acids is 1. The molecule has 1 aliphatic carbocycles. The molecule has 2 heterocycles. The summed E-state index contributed by atoms with van der Waals surface area (Å²) in [6.45, 7) is 15.2. The summed E-state index contributed by atoms with van der Waals surface area (Å²) in [5.41, 5.74) is 6.99. The second-order valence-electron chi connectivity index (χ2n) is 14.5. The Morgan fingerprint density at radius 1 is 0.804 bits per heavy atom. The van der Waals surface area contributed by atoms with Crippen LogP contribution >= 0.6 is 0 Å². The van der Waals surface area contributed by atoms with Crippen molar-refractivity contribution >= 4 is 44.4 Å². The van der Waals surface area contributed by atoms with Crippen molar-refractivity contribution in [3.8, 4) is 0 Å². The smallest absolute Gasteiger partial charge is 0.210 e. The zero-order valence-corrected chi connectivity index (χ0v) is 28.2. The maximum atomic E-state index is 14.0. The van der Waals surface area contributed by atoms with Gasteiger partial charge in [-0.2, -0.15) is 4.58 Å². The molecule has 7 rings (SSSR count). The average molecular weight is 611 g/mol. The van der Waals surface area contributed by atoms with Crippen LogP contribution in [0.4, 0.5) is 11.4 Å². The van der Waals surface area contributed by atoms with Crippen molar-refractivity contribution in [2.75, 3.05) is 18.0 Å². The second-order valence-corrected chi connectivity index (χ2v) is 14.5. The molecule has 2 aliphatic heterocycles. The number of anilines is 1. The lowest BCUT2D eigenvalue weighted by molar-refractivity contribution is -0.440. The summed E-state index contributed by atoms with van der Waals surface area (Å²) < 4.78 is 2.43. The Bertz CT molecular complexity index is 1990. The van der Waals surface area contributed by atoms with E-state index in [4.69, 9.17) is 0 Å². The van der Waals surface area contributed by atoms with Crippen LogP contribution in [0.2, 0.25) is 0 Å². The van der Waals surface area contributed by atoms with Crippen molar-refractivity contribution in [3.05, 3.63) is 107 Å². The first-order chi connectivity index (χ1) is 22.1. The van der Waals surface area contributed by atoms with Crippen molar-refractivity contribution in [2.24, 2.45) is 5.92 Å². The summed E-state index contributed by atoms with van der Waals surface area (Å²) in [5.74, 6) is -0.643. The fourth-order valence-corrected chi connectivity index (χ4v) is 8.45. The van der Waals surface area contributed by atoms with Crippen LogP contribution in [-0.4, -0.2) is 29.2 Å². The topological polar surface area (TPSA) is 46.4 Å². The van der Waals surface area contributed by atoms with Gasteiger partial charge in [0.1, 0.15) is 6.54 Å². The lowest BCUT2D eigenvalue weighted by atomic mass is 9.71. The normalized spacial score (nSPS) is 20.7. The molecule has 4 heteroatoms. The predicted molar refractivity (Wildman–Crippen MR) is 189 cm³/mol. The molecule has 0 N–H and O–H groups in total. The first-order valence-corrected chi connectivity index (χ1v) is 17.2. The summed E-state index contributed by atoms with van der Waals surface area (Å²) in [4.78, 5) is 16.4. The molecule has 0 radical (unpaired) electrons. The molecule has 0 saturated heterocycles. The third-order valence-electron chi connectivity index (χ3n) is 10.9. The number of fused-ring (bicyclic) bond motifs is 6. The second kappa shape index (κ2) is 11.3. The van der Waals surface area contributed by atoms with Gasteiger partial charge in [-0.15, -0.1) is 5.76 Å². The molecule has 1 atom stereocenters. The SMILES string of the molecule is CCCCN1/C(=C\C2=C([O-])C(CC3=[N+](CCCC)c4ccc5ccccc5c4C3(C)C)C2=O)C(C)(C)c2c1ccc1ccccc21. The van der Waals surface area contributed by atoms with Crippen molar-refractivity contribution in [3.63, 3.8) is 0 Å². The number of allylic oxidation sites excluding steroid dienone is 4. The van der Waals surface area contributed by atoms with Crippen LogP contribution in [0.1, 0.15) is 84.8 Å². The van der Waals surface area contributed by atoms with E-state index in [9.17, 15) is 9.90 Å². The van der Waals surface area contributed by atoms with Crippen molar-refractivity contribution in [2.45, 2.75) is 84.5 Å². The minimum absolute atomic E-state index is 0.0101. The molecule has 0 spiro atoms. The van der Waals surface area contributed by atoms with Gasteiger partial charge in [-0.3, -0.25) is 4.79 Å². The van der Waals surface area contributed by atoms with Gasteiger partial charge < -0.3 is 10.0 Å². The van der Waals surface area contributed by atoms with E-state index in [1.807, 2.05) is 6.08 Å². The number of unbranched alkanes of at least 4 members (excludes halogenated alkanes) is 2. The molecule has 0 bridgehead atoms. The van der Waals surface area contributed by atoms with Crippen LogP contribution in [0.3, 0.4) is 0 Å². The zero-order valence-electron chi connectivity index (χ0n) is 28.2. The van der Waals surface area contributed by atoms with Crippen molar-refractivity contribution < 1.29 is 14.5 Å². The molecule has 0 saturated carbocycles. The molecule has 1 unspecified atom stereocenters. The number of rotatable bonds is 9. The minimum Gasteiger partial charge on any atom is -0.874 e. The number of ketones is 1. The molecule has 3 aliphatic rings. The van der Waals surface area contributed by atoms with E-state index in [1.165, 1.54) is 49.8 Å². The first kappa shape index (κ1) is 30.5. The highest BCUT2D eigenvalue weighted by Gasteiger charge is 2.49. The van der Waals surface area contributed by atoms with E-state index in [0.717, 1.165) is 44.5 Å². The molecule has 0 amide bonds. The molecule has 46 heavy (non-hydrogen) atoms. The van der Waals surface area contributed by atoms with Gasteiger partial charge in [0, 0.05) is 59.3 Å². The van der Waals surface area contributed by atoms with Gasteiger partial charge in [0.15, 0.2) is 11.5 Å². The highest BCUT2D eigenvalue weighted by Crippen LogP contribution is 2.52. The third kappa shape index (κ3) is 4.47. The number of carbonyl (C=O) groups is 1. The largest absolute Gasteiger partial charge is 0.874 e. The summed E-state index contributed by atoms with van der Waals surface area (Å²) >= 11 is 0. The molecule has 4 aromatic carbocycles. The lowest BCUT2D eigenvalue weighted by Crippen LogP contribution is -2.42. The van der Waals surface area contributed by atoms with Crippen LogP contribution in [0.5, 0.6) is 0 Å². The predicted octanol–water partition coefficient (Wildman–Crippen LogP) is 8.85. The number of hydrogen-bond donors (Lipinski definition) is 0. The van der Waals surface area contributed by atoms with Gasteiger partial charge in [-0.25, -0.2) is 0 Å². The first-order valence-electron chi connectivity index (χ1n) is 17.2. The summed E-state index contributed by atoms with van der Waals surface area (Å²) in [5, 5.41) is 19.0. The fraction of sp³-hybridized carbons (Fsp3) is 0.381. The number of nitrogens with zero attached hydrogens (tertiary/aromatic N) is 2. The van der Waals surface area contributed by atoms with Gasteiger partial charge in [0.05, 0.1) is 5.41 Å². The van der Waals surface area contributed by atoms with E-state index in [1.54, 1.807) is 0 Å². The lowest BCUT2D eigenvalue weighted by Gasteiger charge is -2.37. The molecule has 4 aromatic rings. The number of benzene rings is 4. The van der Waals surface area contributed by atoms with Gasteiger partial charge in [-0.05, 0) is 65.6 Å². The maximum Gasteiger partial charge on any atom is 0.210 e. The third-order valence-corrected chi connectivity index (χ3v) is 10.9. The van der Waals surface area contributed by atoms with Crippen LogP contribution in [0, 0.1) is 5.92 Å². The Morgan fingerprint density at radius 3 is 2.09 bits per heavy atom. The Hall–Kier alpha value is -4.18. The number of hydrogen-bond acceptors (Lipinski definition) is 3. The number of Topliss-reactive ketones (excluding diaryl/α,β-unsaturated/α-hetero) is 1. The zero-order chi connectivity index (χ0) is 32.4. The molecule has 4 nitrogen and oxygen atoms in total. The Kier molecular flexibility index (Phi) is 7.46. The van der Waals surface area contributed by atoms with E-state index < -0.39 is 5.92 Å². The van der Waals surface area contributed by atoms with E-state index in [-0.39, 0.29) is 22.4 Å². The monoisotopic (exact) mass is 610 g/mol. The van der Waals surface area contributed by atoms with Crippen LogP contribution < -0.4 is 10.0 Å². The van der Waals surface area contributed by atoms with Crippen LogP contribution in [0.15, 0.2) is 95.9 Å². The highest BCUT2D eigenvalue weighted by molar-refractivity contribution is 6.12. The van der Waals surface area contributed by atoms with Gasteiger partial charge >= 0.3 is 0 Å². The van der Waals surface area contributed by atoms with Crippen molar-refractivity contribution in [1.29, 1.82) is 0 Å². The standard InChI is InChI=1S/C42H46N2O2/c1-7-9-23-43-33-21-19-27-15-11-13-17-29(27)37(33)41(3,4)35(43)25-31-39(45)32(40(31)46)26-36-42(5,6)38-30-18-14-12-16-28(30)20-22-34(38)44(36)24-10-8-2/h11-22,25,32H,7-10,23-24,26H2,1-6H3/b35-25-.